The first-order chi connectivity index (χ1) is 7.72. The van der Waals surface area contributed by atoms with Crippen LogP contribution in [0.4, 0.5) is 0 Å². The lowest BCUT2D eigenvalue weighted by molar-refractivity contribution is -0.138. The van der Waals surface area contributed by atoms with Gasteiger partial charge in [0.25, 0.3) is 0 Å². The summed E-state index contributed by atoms with van der Waals surface area (Å²) in [6.45, 7) is 5.42. The van der Waals surface area contributed by atoms with E-state index in [0.717, 1.165) is 32.7 Å². The Kier molecular flexibility index (Phi) is 6.32. The van der Waals surface area contributed by atoms with E-state index in [0.29, 0.717) is 13.2 Å². The molecule has 1 saturated heterocycles. The average molecular weight is 232 g/mol. The van der Waals surface area contributed by atoms with Gasteiger partial charge in [-0.3, -0.25) is 14.6 Å². The molecule has 6 nitrogen and oxygen atoms in total. The minimum atomic E-state index is -0.764. The number of hydrogen-bond acceptors (Lipinski definition) is 5. The molecule has 0 amide bonds. The molecule has 0 aromatic carbocycles. The minimum absolute atomic E-state index is 0.0619. The summed E-state index contributed by atoms with van der Waals surface area (Å²) in [6, 6.07) is 0. The predicted molar refractivity (Wildman–Crippen MR) is 58.4 cm³/mol. The average Bonchev–Trinajstić information content (AvgIpc) is 2.26. The molecule has 1 fully saturated rings. The Balaban J connectivity index is 2.05. The standard InChI is InChI=1S/C10H20N2O4/c13-6-8-16-7-5-11-1-3-12(4-2-11)9-10(14)15/h13H,1-9H2,(H,14,15). The molecule has 0 aliphatic carbocycles. The van der Waals surface area contributed by atoms with Crippen molar-refractivity contribution in [2.45, 2.75) is 0 Å². The number of aliphatic hydroxyl groups is 1. The molecule has 0 bridgehead atoms. The summed E-state index contributed by atoms with van der Waals surface area (Å²) in [5, 5.41) is 17.2. The van der Waals surface area contributed by atoms with Gasteiger partial charge in [-0.05, 0) is 0 Å². The van der Waals surface area contributed by atoms with Crippen molar-refractivity contribution >= 4 is 5.97 Å². The van der Waals surface area contributed by atoms with Gasteiger partial charge >= 0.3 is 5.97 Å². The summed E-state index contributed by atoms with van der Waals surface area (Å²) in [5.74, 6) is -0.764. The Hall–Kier alpha value is -0.690. The highest BCUT2D eigenvalue weighted by Crippen LogP contribution is 2.00. The Morgan fingerprint density at radius 2 is 1.75 bits per heavy atom. The molecule has 2 N–H and O–H groups in total. The van der Waals surface area contributed by atoms with E-state index in [-0.39, 0.29) is 13.2 Å². The molecule has 6 heteroatoms. The first kappa shape index (κ1) is 13.4. The van der Waals surface area contributed by atoms with E-state index in [1.54, 1.807) is 0 Å². The van der Waals surface area contributed by atoms with E-state index in [9.17, 15) is 4.79 Å². The minimum Gasteiger partial charge on any atom is -0.480 e. The number of carboxylic acids is 1. The molecule has 0 aromatic rings. The molecule has 94 valence electrons. The van der Waals surface area contributed by atoms with Crippen LogP contribution >= 0.6 is 0 Å². The fraction of sp³-hybridized carbons (Fsp3) is 0.900. The van der Waals surface area contributed by atoms with E-state index in [2.05, 4.69) is 4.90 Å². The molecule has 0 atom stereocenters. The van der Waals surface area contributed by atoms with Gasteiger partial charge in [-0.1, -0.05) is 0 Å². The van der Waals surface area contributed by atoms with Crippen molar-refractivity contribution in [3.8, 4) is 0 Å². The molecule has 0 aromatic heterocycles. The fourth-order valence-corrected chi connectivity index (χ4v) is 1.72. The maximum Gasteiger partial charge on any atom is 0.317 e. The number of carboxylic acid groups (broad SMARTS) is 1. The van der Waals surface area contributed by atoms with Gasteiger partial charge in [0.2, 0.25) is 0 Å². The number of piperazine rings is 1. The topological polar surface area (TPSA) is 73.2 Å². The summed E-state index contributed by atoms with van der Waals surface area (Å²) in [4.78, 5) is 14.7. The van der Waals surface area contributed by atoms with E-state index in [1.807, 2.05) is 4.90 Å². The molecule has 0 unspecified atom stereocenters. The molecular weight excluding hydrogens is 212 g/mol. The van der Waals surface area contributed by atoms with Crippen molar-refractivity contribution in [2.75, 3.05) is 59.1 Å². The van der Waals surface area contributed by atoms with Gasteiger partial charge in [0.1, 0.15) is 0 Å². The normalized spacial score (nSPS) is 18.8. The zero-order valence-electron chi connectivity index (χ0n) is 9.47. The second-order valence-electron chi connectivity index (χ2n) is 3.85. The van der Waals surface area contributed by atoms with Crippen LogP contribution in [0.1, 0.15) is 0 Å². The molecule has 1 heterocycles. The van der Waals surface area contributed by atoms with Crippen molar-refractivity contribution in [1.82, 2.24) is 9.80 Å². The zero-order chi connectivity index (χ0) is 11.8. The molecule has 1 rings (SSSR count). The predicted octanol–water partition coefficient (Wildman–Crippen LogP) is -1.30. The zero-order valence-corrected chi connectivity index (χ0v) is 9.47. The Bertz CT molecular complexity index is 205. The molecule has 0 saturated carbocycles. The maximum atomic E-state index is 10.5. The number of hydrogen-bond donors (Lipinski definition) is 2. The third-order valence-electron chi connectivity index (χ3n) is 2.61. The Labute approximate surface area is 95.4 Å². The molecule has 1 aliphatic heterocycles. The lowest BCUT2D eigenvalue weighted by Crippen LogP contribution is -2.48. The monoisotopic (exact) mass is 232 g/mol. The van der Waals surface area contributed by atoms with Crippen LogP contribution in [-0.4, -0.2) is 85.1 Å². The van der Waals surface area contributed by atoms with Crippen molar-refractivity contribution in [2.24, 2.45) is 0 Å². The second-order valence-corrected chi connectivity index (χ2v) is 3.85. The van der Waals surface area contributed by atoms with E-state index < -0.39 is 5.97 Å². The molecule has 0 radical (unpaired) electrons. The Morgan fingerprint density at radius 1 is 1.12 bits per heavy atom. The quantitative estimate of drug-likeness (QED) is 0.531. The maximum absolute atomic E-state index is 10.5. The number of aliphatic hydroxyl groups excluding tert-OH is 1. The van der Waals surface area contributed by atoms with Crippen LogP contribution in [0.2, 0.25) is 0 Å². The molecule has 0 spiro atoms. The van der Waals surface area contributed by atoms with Crippen LogP contribution in [-0.2, 0) is 9.53 Å². The molecule has 1 aliphatic rings. The van der Waals surface area contributed by atoms with Crippen LogP contribution < -0.4 is 0 Å². The van der Waals surface area contributed by atoms with Gasteiger partial charge < -0.3 is 14.9 Å². The smallest absolute Gasteiger partial charge is 0.317 e. The molecular formula is C10H20N2O4. The van der Waals surface area contributed by atoms with Crippen LogP contribution in [0.15, 0.2) is 0 Å². The van der Waals surface area contributed by atoms with Crippen molar-refractivity contribution in [3.63, 3.8) is 0 Å². The lowest BCUT2D eigenvalue weighted by atomic mass is 10.3. The van der Waals surface area contributed by atoms with Crippen molar-refractivity contribution in [1.29, 1.82) is 0 Å². The summed E-state index contributed by atoms with van der Waals surface area (Å²) >= 11 is 0. The number of aliphatic carboxylic acids is 1. The van der Waals surface area contributed by atoms with Crippen LogP contribution in [0.3, 0.4) is 0 Å². The summed E-state index contributed by atoms with van der Waals surface area (Å²) in [7, 11) is 0. The third kappa shape index (κ3) is 5.41. The van der Waals surface area contributed by atoms with Gasteiger partial charge in [0.15, 0.2) is 0 Å². The van der Waals surface area contributed by atoms with Crippen LogP contribution in [0.5, 0.6) is 0 Å². The number of nitrogens with zero attached hydrogens (tertiary/aromatic N) is 2. The number of ether oxygens (including phenoxy) is 1. The highest BCUT2D eigenvalue weighted by Gasteiger charge is 2.17. The highest BCUT2D eigenvalue weighted by atomic mass is 16.5. The van der Waals surface area contributed by atoms with Gasteiger partial charge in [-0.25, -0.2) is 0 Å². The first-order valence-electron chi connectivity index (χ1n) is 5.57. The van der Waals surface area contributed by atoms with Gasteiger partial charge in [-0.15, -0.1) is 0 Å². The van der Waals surface area contributed by atoms with Gasteiger partial charge in [0.05, 0.1) is 26.4 Å². The largest absolute Gasteiger partial charge is 0.480 e. The van der Waals surface area contributed by atoms with Gasteiger partial charge in [0, 0.05) is 32.7 Å². The van der Waals surface area contributed by atoms with Gasteiger partial charge in [-0.2, -0.15) is 0 Å². The van der Waals surface area contributed by atoms with E-state index in [1.165, 1.54) is 0 Å². The van der Waals surface area contributed by atoms with Crippen molar-refractivity contribution in [3.05, 3.63) is 0 Å². The third-order valence-corrected chi connectivity index (χ3v) is 2.61. The van der Waals surface area contributed by atoms with Crippen LogP contribution in [0.25, 0.3) is 0 Å². The SMILES string of the molecule is O=C(O)CN1CCN(CCOCCO)CC1. The van der Waals surface area contributed by atoms with Crippen LogP contribution in [0, 0.1) is 0 Å². The molecule has 16 heavy (non-hydrogen) atoms. The Morgan fingerprint density at radius 3 is 2.31 bits per heavy atom. The highest BCUT2D eigenvalue weighted by molar-refractivity contribution is 5.69. The summed E-state index contributed by atoms with van der Waals surface area (Å²) in [6.07, 6.45) is 0. The number of carbonyl (C=O) groups is 1. The van der Waals surface area contributed by atoms with Crippen molar-refractivity contribution < 1.29 is 19.7 Å². The second kappa shape index (κ2) is 7.56. The van der Waals surface area contributed by atoms with E-state index in [4.69, 9.17) is 14.9 Å². The fourth-order valence-electron chi connectivity index (χ4n) is 1.72. The first-order valence-corrected chi connectivity index (χ1v) is 5.57. The van der Waals surface area contributed by atoms with E-state index >= 15 is 0 Å². The summed E-state index contributed by atoms with van der Waals surface area (Å²) in [5.41, 5.74) is 0. The summed E-state index contributed by atoms with van der Waals surface area (Å²) < 4.78 is 5.18. The number of rotatable bonds is 7. The lowest BCUT2D eigenvalue weighted by Gasteiger charge is -2.33.